The number of benzene rings is 1. The number of rotatable bonds is 24. The van der Waals surface area contributed by atoms with E-state index in [1.807, 2.05) is 6.92 Å². The molecule has 0 heterocycles. The number of carbonyl (C=O) groups is 1. The molecule has 0 saturated heterocycles. The fourth-order valence-corrected chi connectivity index (χ4v) is 5.04. The maximum atomic E-state index is 12.1. The van der Waals surface area contributed by atoms with Gasteiger partial charge in [0.05, 0.1) is 18.1 Å². The van der Waals surface area contributed by atoms with Gasteiger partial charge in [-0.1, -0.05) is 94.6 Å². The summed E-state index contributed by atoms with van der Waals surface area (Å²) in [4.78, 5) is 12.1. The van der Waals surface area contributed by atoms with E-state index in [1.165, 1.54) is 70.6 Å². The molecule has 0 aromatic heterocycles. The first kappa shape index (κ1) is 33.4. The van der Waals surface area contributed by atoms with Crippen molar-refractivity contribution in [1.29, 1.82) is 0 Å². The van der Waals surface area contributed by atoms with Crippen LogP contribution >= 0.6 is 0 Å². The summed E-state index contributed by atoms with van der Waals surface area (Å²) in [6.07, 6.45) is 24.6. The van der Waals surface area contributed by atoms with Crippen LogP contribution in [-0.4, -0.2) is 27.6 Å². The summed E-state index contributed by atoms with van der Waals surface area (Å²) in [7, 11) is -3.68. The molecule has 0 atom stereocenters. The van der Waals surface area contributed by atoms with Crippen molar-refractivity contribution in [1.82, 2.24) is 0 Å². The van der Waals surface area contributed by atoms with Crippen LogP contribution in [0.5, 0.6) is 0 Å². The highest BCUT2D eigenvalue weighted by Crippen LogP contribution is 2.14. The van der Waals surface area contributed by atoms with Crippen LogP contribution in [0.25, 0.3) is 0 Å². The molecule has 0 bridgehead atoms. The van der Waals surface area contributed by atoms with E-state index >= 15 is 0 Å². The molecular weight excluding hydrogens is 484 g/mol. The number of aryl methyl sites for hydroxylation is 1. The Balaban J connectivity index is 1.86. The molecule has 0 spiro atoms. The molecule has 1 rings (SSSR count). The van der Waals surface area contributed by atoms with Crippen molar-refractivity contribution in [3.63, 3.8) is 0 Å². The third-order valence-corrected chi connectivity index (χ3v) is 7.82. The van der Waals surface area contributed by atoms with Gasteiger partial charge >= 0.3 is 5.97 Å². The Morgan fingerprint density at radius 1 is 0.703 bits per heavy atom. The average molecular weight is 537 g/mol. The molecule has 0 aliphatic rings. The van der Waals surface area contributed by atoms with Crippen molar-refractivity contribution in [2.24, 2.45) is 0 Å². The van der Waals surface area contributed by atoms with Gasteiger partial charge < -0.3 is 4.74 Å². The number of ether oxygens (including phenoxy) is 1. The van der Waals surface area contributed by atoms with Crippen molar-refractivity contribution in [2.45, 2.75) is 134 Å². The van der Waals surface area contributed by atoms with Gasteiger partial charge in [-0.05, 0) is 70.4 Å². The quantitative estimate of drug-likeness (QED) is 0.0571. The zero-order chi connectivity index (χ0) is 27.0. The van der Waals surface area contributed by atoms with E-state index < -0.39 is 10.1 Å². The lowest BCUT2D eigenvalue weighted by Gasteiger charge is -2.07. The highest BCUT2D eigenvalue weighted by atomic mass is 32.2. The second-order valence-corrected chi connectivity index (χ2v) is 11.7. The minimum Gasteiger partial charge on any atom is -0.466 e. The Kier molecular flexibility index (Phi) is 20.1. The molecule has 0 N–H and O–H groups in total. The minimum absolute atomic E-state index is 0.106. The maximum absolute atomic E-state index is 12.1. The molecule has 0 radical (unpaired) electrons. The van der Waals surface area contributed by atoms with Gasteiger partial charge in [0.2, 0.25) is 0 Å². The second kappa shape index (κ2) is 22.3. The topological polar surface area (TPSA) is 69.7 Å². The summed E-state index contributed by atoms with van der Waals surface area (Å²) in [5, 5.41) is 0. The van der Waals surface area contributed by atoms with Crippen LogP contribution in [0.1, 0.15) is 128 Å². The van der Waals surface area contributed by atoms with Crippen molar-refractivity contribution < 1.29 is 22.1 Å². The first-order valence-corrected chi connectivity index (χ1v) is 16.1. The van der Waals surface area contributed by atoms with E-state index in [4.69, 9.17) is 8.92 Å². The molecule has 0 fully saturated rings. The van der Waals surface area contributed by atoms with Gasteiger partial charge in [-0.15, -0.1) is 0 Å². The van der Waals surface area contributed by atoms with E-state index in [0.29, 0.717) is 19.4 Å². The van der Waals surface area contributed by atoms with Gasteiger partial charge in [-0.25, -0.2) is 0 Å². The molecule has 1 aromatic carbocycles. The van der Waals surface area contributed by atoms with Crippen LogP contribution < -0.4 is 0 Å². The second-order valence-electron chi connectivity index (χ2n) is 10.1. The van der Waals surface area contributed by atoms with Gasteiger partial charge in [0.15, 0.2) is 0 Å². The summed E-state index contributed by atoms with van der Waals surface area (Å²) >= 11 is 0. The van der Waals surface area contributed by atoms with Gasteiger partial charge in [-0.2, -0.15) is 8.42 Å². The molecule has 0 aliphatic carbocycles. The third kappa shape index (κ3) is 19.1. The molecule has 37 heavy (non-hydrogen) atoms. The predicted octanol–water partition coefficient (Wildman–Crippen LogP) is 8.84. The van der Waals surface area contributed by atoms with Gasteiger partial charge in [0, 0.05) is 6.42 Å². The molecule has 0 aliphatic heterocycles. The number of esters is 1. The maximum Gasteiger partial charge on any atom is 0.305 e. The molecular formula is C31H52O5S. The lowest BCUT2D eigenvalue weighted by Crippen LogP contribution is -2.08. The van der Waals surface area contributed by atoms with Crippen molar-refractivity contribution in [3.8, 4) is 0 Å². The first-order valence-electron chi connectivity index (χ1n) is 14.7. The molecule has 0 unspecified atom stereocenters. The van der Waals surface area contributed by atoms with E-state index in [-0.39, 0.29) is 17.5 Å². The number of allylic oxidation sites excluding steroid dienone is 2. The van der Waals surface area contributed by atoms with E-state index in [9.17, 15) is 13.2 Å². The predicted molar refractivity (Wildman–Crippen MR) is 153 cm³/mol. The fraction of sp³-hybridized carbons (Fsp3) is 0.710. The van der Waals surface area contributed by atoms with Gasteiger partial charge in [0.1, 0.15) is 0 Å². The van der Waals surface area contributed by atoms with Crippen LogP contribution in [0, 0.1) is 6.92 Å². The van der Waals surface area contributed by atoms with Crippen molar-refractivity contribution in [3.05, 3.63) is 42.0 Å². The highest BCUT2D eigenvalue weighted by Gasteiger charge is 2.14. The summed E-state index contributed by atoms with van der Waals surface area (Å²) in [6, 6.07) is 6.65. The lowest BCUT2D eigenvalue weighted by molar-refractivity contribution is -0.143. The largest absolute Gasteiger partial charge is 0.466 e. The van der Waals surface area contributed by atoms with Crippen molar-refractivity contribution >= 4 is 16.1 Å². The summed E-state index contributed by atoms with van der Waals surface area (Å²) < 4.78 is 34.7. The standard InChI is InChI=1S/C31H52O5S/c1-3-4-5-6-7-8-9-10-11-12-13-14-15-16-19-22-31(32)35-27-20-17-18-21-28-36-37(33,34)30-25-23-29(2)24-26-30/h10-11,23-26H,3-9,12-22,27-28H2,1-2H3/b11-10-. The van der Waals surface area contributed by atoms with Gasteiger partial charge in [-0.3, -0.25) is 8.98 Å². The van der Waals surface area contributed by atoms with Crippen LogP contribution in [-0.2, 0) is 23.8 Å². The Hall–Kier alpha value is -1.66. The molecule has 0 amide bonds. The number of carbonyl (C=O) groups excluding carboxylic acids is 1. The summed E-state index contributed by atoms with van der Waals surface area (Å²) in [5.74, 6) is -0.106. The monoisotopic (exact) mass is 536 g/mol. The van der Waals surface area contributed by atoms with Crippen LogP contribution in [0.3, 0.4) is 0 Å². The van der Waals surface area contributed by atoms with Crippen LogP contribution in [0.15, 0.2) is 41.3 Å². The molecule has 5 nitrogen and oxygen atoms in total. The number of unbranched alkanes of at least 4 members (excludes halogenated alkanes) is 14. The normalized spacial score (nSPS) is 11.8. The average Bonchev–Trinajstić information content (AvgIpc) is 2.88. The Morgan fingerprint density at radius 2 is 1.22 bits per heavy atom. The smallest absolute Gasteiger partial charge is 0.305 e. The van der Waals surface area contributed by atoms with Crippen LogP contribution in [0.4, 0.5) is 0 Å². The number of hydrogen-bond acceptors (Lipinski definition) is 5. The van der Waals surface area contributed by atoms with E-state index in [0.717, 1.165) is 37.7 Å². The summed E-state index contributed by atoms with van der Waals surface area (Å²) in [5.41, 5.74) is 1.01. The first-order chi connectivity index (χ1) is 18.0. The number of hydrogen-bond donors (Lipinski definition) is 0. The van der Waals surface area contributed by atoms with Crippen molar-refractivity contribution in [2.75, 3.05) is 13.2 Å². The fourth-order valence-electron chi connectivity index (χ4n) is 4.10. The zero-order valence-electron chi connectivity index (χ0n) is 23.6. The van der Waals surface area contributed by atoms with E-state index in [1.54, 1.807) is 24.3 Å². The molecule has 0 saturated carbocycles. The SMILES string of the molecule is CCCCCCCC/C=C\CCCCCCCC(=O)OCCCCCCOS(=O)(=O)c1ccc(C)cc1. The van der Waals surface area contributed by atoms with Crippen LogP contribution in [0.2, 0.25) is 0 Å². The Labute approximate surface area is 227 Å². The van der Waals surface area contributed by atoms with E-state index in [2.05, 4.69) is 19.1 Å². The highest BCUT2D eigenvalue weighted by molar-refractivity contribution is 7.86. The molecule has 6 heteroatoms. The summed E-state index contributed by atoms with van der Waals surface area (Å²) in [6.45, 7) is 4.78. The zero-order valence-corrected chi connectivity index (χ0v) is 24.4. The Morgan fingerprint density at radius 3 is 1.84 bits per heavy atom. The third-order valence-electron chi connectivity index (χ3n) is 6.49. The molecule has 1 aromatic rings. The molecule has 212 valence electrons. The lowest BCUT2D eigenvalue weighted by atomic mass is 10.1. The minimum atomic E-state index is -3.68. The Bertz CT molecular complexity index is 815. The van der Waals surface area contributed by atoms with Gasteiger partial charge in [0.25, 0.3) is 10.1 Å².